The van der Waals surface area contributed by atoms with Crippen molar-refractivity contribution in [1.29, 1.82) is 0 Å². The van der Waals surface area contributed by atoms with Gasteiger partial charge >= 0.3 is 0 Å². The van der Waals surface area contributed by atoms with Gasteiger partial charge in [-0.25, -0.2) is 0 Å². The lowest BCUT2D eigenvalue weighted by Gasteiger charge is -2.24. The third-order valence-corrected chi connectivity index (χ3v) is 4.32. The molecule has 1 atom stereocenters. The van der Waals surface area contributed by atoms with E-state index in [-0.39, 0.29) is 0 Å². The predicted molar refractivity (Wildman–Crippen MR) is 67.4 cm³/mol. The number of rotatable bonds is 2. The fourth-order valence-electron chi connectivity index (χ4n) is 2.33. The molecule has 1 saturated heterocycles. The normalized spacial score (nSPS) is 24.1. The molecule has 3 heteroatoms. The molecule has 0 amide bonds. The predicted octanol–water partition coefficient (Wildman–Crippen LogP) is 2.47. The van der Waals surface area contributed by atoms with Gasteiger partial charge in [0, 0.05) is 17.2 Å². The van der Waals surface area contributed by atoms with Crippen molar-refractivity contribution in [3.8, 4) is 5.75 Å². The van der Waals surface area contributed by atoms with Crippen LogP contribution in [-0.4, -0.2) is 24.9 Å². The van der Waals surface area contributed by atoms with Crippen molar-refractivity contribution in [2.45, 2.75) is 30.3 Å². The van der Waals surface area contributed by atoms with Crippen LogP contribution < -0.4 is 10.1 Å². The van der Waals surface area contributed by atoms with Crippen LogP contribution in [0, 0.1) is 0 Å². The second kappa shape index (κ2) is 4.68. The number of piperidine rings is 1. The zero-order chi connectivity index (χ0) is 10.8. The van der Waals surface area contributed by atoms with E-state index in [2.05, 4.69) is 23.5 Å². The Bertz CT molecular complexity index is 374. The number of ether oxygens (including phenoxy) is 1. The van der Waals surface area contributed by atoms with E-state index in [0.29, 0.717) is 6.10 Å². The zero-order valence-corrected chi connectivity index (χ0v) is 10.2. The Morgan fingerprint density at radius 2 is 2.38 bits per heavy atom. The second-order valence-electron chi connectivity index (χ2n) is 4.45. The number of hydrogen-bond acceptors (Lipinski definition) is 3. The van der Waals surface area contributed by atoms with Gasteiger partial charge in [0.1, 0.15) is 11.9 Å². The van der Waals surface area contributed by atoms with Crippen molar-refractivity contribution in [3.63, 3.8) is 0 Å². The van der Waals surface area contributed by atoms with E-state index in [0.717, 1.165) is 18.8 Å². The fraction of sp³-hybridized carbons (Fsp3) is 0.538. The van der Waals surface area contributed by atoms with Crippen LogP contribution in [0.4, 0.5) is 0 Å². The Morgan fingerprint density at radius 1 is 1.38 bits per heavy atom. The van der Waals surface area contributed by atoms with E-state index in [9.17, 15) is 0 Å². The van der Waals surface area contributed by atoms with Crippen molar-refractivity contribution >= 4 is 11.8 Å². The van der Waals surface area contributed by atoms with Crippen LogP contribution in [0.5, 0.6) is 5.75 Å². The molecule has 0 aliphatic carbocycles. The van der Waals surface area contributed by atoms with Gasteiger partial charge < -0.3 is 10.1 Å². The molecule has 2 nitrogen and oxygen atoms in total. The molecule has 1 unspecified atom stereocenters. The third kappa shape index (κ3) is 2.20. The van der Waals surface area contributed by atoms with Crippen LogP contribution in [-0.2, 0) is 6.42 Å². The summed E-state index contributed by atoms with van der Waals surface area (Å²) in [5.74, 6) is 2.27. The average molecular weight is 235 g/mol. The largest absolute Gasteiger partial charge is 0.489 e. The highest BCUT2D eigenvalue weighted by Gasteiger charge is 2.16. The molecule has 0 aromatic heterocycles. The van der Waals surface area contributed by atoms with Crippen LogP contribution in [0.25, 0.3) is 0 Å². The maximum absolute atomic E-state index is 6.00. The smallest absolute Gasteiger partial charge is 0.120 e. The summed E-state index contributed by atoms with van der Waals surface area (Å²) < 4.78 is 6.00. The quantitative estimate of drug-likeness (QED) is 0.851. The summed E-state index contributed by atoms with van der Waals surface area (Å²) in [6.45, 7) is 2.13. The molecule has 0 radical (unpaired) electrons. The lowest BCUT2D eigenvalue weighted by atomic mass is 10.1. The molecule has 1 aromatic carbocycles. The SMILES string of the molecule is c1cc2c(cc1OC1CCCNC1)SCC2. The van der Waals surface area contributed by atoms with Crippen LogP contribution in [0.2, 0.25) is 0 Å². The molecule has 2 aliphatic rings. The molecule has 86 valence electrons. The summed E-state index contributed by atoms with van der Waals surface area (Å²) in [5.41, 5.74) is 1.49. The number of nitrogens with one attached hydrogen (secondary N) is 1. The zero-order valence-electron chi connectivity index (χ0n) is 9.37. The van der Waals surface area contributed by atoms with Gasteiger partial charge in [0.2, 0.25) is 0 Å². The van der Waals surface area contributed by atoms with Gasteiger partial charge in [-0.15, -0.1) is 11.8 Å². The summed E-state index contributed by atoms with van der Waals surface area (Å²) in [5, 5.41) is 3.38. The topological polar surface area (TPSA) is 21.3 Å². The Kier molecular flexibility index (Phi) is 3.06. The second-order valence-corrected chi connectivity index (χ2v) is 5.59. The lowest BCUT2D eigenvalue weighted by molar-refractivity contribution is 0.167. The van der Waals surface area contributed by atoms with Crippen LogP contribution >= 0.6 is 11.8 Å². The van der Waals surface area contributed by atoms with Crippen molar-refractivity contribution in [1.82, 2.24) is 5.32 Å². The molecule has 1 N–H and O–H groups in total. The number of thioether (sulfide) groups is 1. The molecule has 0 spiro atoms. The van der Waals surface area contributed by atoms with Gasteiger partial charge in [0.25, 0.3) is 0 Å². The van der Waals surface area contributed by atoms with Gasteiger partial charge in [0.05, 0.1) is 0 Å². The first-order valence-electron chi connectivity index (χ1n) is 6.05. The Labute approximate surface area is 101 Å². The maximum Gasteiger partial charge on any atom is 0.120 e. The number of hydrogen-bond donors (Lipinski definition) is 1. The maximum atomic E-state index is 6.00. The minimum atomic E-state index is 0.359. The molecule has 1 fully saturated rings. The van der Waals surface area contributed by atoms with E-state index >= 15 is 0 Å². The van der Waals surface area contributed by atoms with Gasteiger partial charge in [-0.05, 0) is 43.5 Å². The number of aryl methyl sites for hydroxylation is 1. The number of benzene rings is 1. The van der Waals surface area contributed by atoms with Crippen molar-refractivity contribution < 1.29 is 4.74 Å². The standard InChI is InChI=1S/C13H17NOS/c1-2-12(9-14-6-1)15-11-4-3-10-5-7-16-13(10)8-11/h3-4,8,12,14H,1-2,5-7,9H2. The van der Waals surface area contributed by atoms with Crippen LogP contribution in [0.3, 0.4) is 0 Å². The van der Waals surface area contributed by atoms with Crippen molar-refractivity contribution in [3.05, 3.63) is 23.8 Å². The number of fused-ring (bicyclic) bond motifs is 1. The third-order valence-electron chi connectivity index (χ3n) is 3.22. The minimum absolute atomic E-state index is 0.359. The van der Waals surface area contributed by atoms with Crippen molar-refractivity contribution in [2.24, 2.45) is 0 Å². The monoisotopic (exact) mass is 235 g/mol. The summed E-state index contributed by atoms with van der Waals surface area (Å²) in [6, 6.07) is 6.56. The van der Waals surface area contributed by atoms with Crippen molar-refractivity contribution in [2.75, 3.05) is 18.8 Å². The van der Waals surface area contributed by atoms with Gasteiger partial charge in [-0.1, -0.05) is 6.07 Å². The van der Waals surface area contributed by atoms with Crippen LogP contribution in [0.1, 0.15) is 18.4 Å². The Hall–Kier alpha value is -0.670. The Morgan fingerprint density at radius 3 is 3.25 bits per heavy atom. The Balaban J connectivity index is 1.69. The highest BCUT2D eigenvalue weighted by molar-refractivity contribution is 7.99. The molecular formula is C13H17NOS. The molecule has 2 heterocycles. The summed E-state index contributed by atoms with van der Waals surface area (Å²) >= 11 is 1.95. The first kappa shape index (κ1) is 10.5. The summed E-state index contributed by atoms with van der Waals surface area (Å²) in [7, 11) is 0. The van der Waals surface area contributed by atoms with E-state index in [1.165, 1.54) is 35.5 Å². The van der Waals surface area contributed by atoms with Gasteiger partial charge in [0.15, 0.2) is 0 Å². The van der Waals surface area contributed by atoms with Crippen LogP contribution in [0.15, 0.2) is 23.1 Å². The first-order chi connectivity index (χ1) is 7.92. The molecule has 1 aromatic rings. The minimum Gasteiger partial charge on any atom is -0.489 e. The van der Waals surface area contributed by atoms with E-state index in [4.69, 9.17) is 4.74 Å². The van der Waals surface area contributed by atoms with E-state index < -0.39 is 0 Å². The average Bonchev–Trinajstić information content (AvgIpc) is 2.77. The lowest BCUT2D eigenvalue weighted by Crippen LogP contribution is -2.37. The molecule has 0 saturated carbocycles. The highest BCUT2D eigenvalue weighted by Crippen LogP contribution is 2.34. The van der Waals surface area contributed by atoms with Gasteiger partial charge in [-0.2, -0.15) is 0 Å². The van der Waals surface area contributed by atoms with Gasteiger partial charge in [-0.3, -0.25) is 0 Å². The van der Waals surface area contributed by atoms with E-state index in [1.807, 2.05) is 11.8 Å². The molecular weight excluding hydrogens is 218 g/mol. The molecule has 3 rings (SSSR count). The molecule has 2 aliphatic heterocycles. The summed E-state index contributed by atoms with van der Waals surface area (Å²) in [6.07, 6.45) is 3.98. The first-order valence-corrected chi connectivity index (χ1v) is 7.03. The van der Waals surface area contributed by atoms with E-state index in [1.54, 1.807) is 0 Å². The fourth-order valence-corrected chi connectivity index (χ4v) is 3.43. The summed E-state index contributed by atoms with van der Waals surface area (Å²) in [4.78, 5) is 1.42. The molecule has 0 bridgehead atoms. The molecule has 16 heavy (non-hydrogen) atoms. The highest BCUT2D eigenvalue weighted by atomic mass is 32.2.